The molecule has 4 rings (SSSR count). The van der Waals surface area contributed by atoms with Crippen LogP contribution >= 0.6 is 34.4 Å². The molecular formula is C47H65IN8O11S. The van der Waals surface area contributed by atoms with E-state index in [2.05, 4.69) is 37.2 Å². The third-order valence-electron chi connectivity index (χ3n) is 11.6. The number of thioether (sulfide) groups is 1. The molecule has 2 saturated heterocycles. The summed E-state index contributed by atoms with van der Waals surface area (Å²) in [5.74, 6) is -3.32. The molecule has 8 amide bonds. The van der Waals surface area contributed by atoms with Crippen molar-refractivity contribution in [2.75, 3.05) is 25.4 Å². The van der Waals surface area contributed by atoms with E-state index in [-0.39, 0.29) is 55.6 Å². The molecule has 6 atom stereocenters. The van der Waals surface area contributed by atoms with Crippen molar-refractivity contribution in [1.29, 1.82) is 0 Å². The molecule has 0 bridgehead atoms. The molecule has 372 valence electrons. The SMILES string of the molecule is CC(=O)N[C@@H](CCCCNC(=O)CCCCC1SC[C@@H]2NC(=O)N[C@H]12)C(=O)N[C@@H](Cc1ccc(O)c([125I])c1)C(=O)NCCCCCC(=O)N[C@@H](CC(N)=O)C(=O)COC(=O)c1c(C)cccc1C. The molecule has 19 nitrogen and oxygen atoms in total. The van der Waals surface area contributed by atoms with Gasteiger partial charge in [0.25, 0.3) is 0 Å². The van der Waals surface area contributed by atoms with Crippen molar-refractivity contribution in [3.05, 3.63) is 62.2 Å². The van der Waals surface area contributed by atoms with Gasteiger partial charge in [0.05, 0.1) is 33.7 Å². The van der Waals surface area contributed by atoms with Gasteiger partial charge in [-0.3, -0.25) is 33.6 Å². The molecule has 2 aliphatic rings. The predicted molar refractivity (Wildman–Crippen MR) is 263 cm³/mol. The predicted octanol–water partition coefficient (Wildman–Crippen LogP) is 2.62. The van der Waals surface area contributed by atoms with Gasteiger partial charge in [0.15, 0.2) is 12.4 Å². The summed E-state index contributed by atoms with van der Waals surface area (Å²) in [5, 5.41) is 30.1. The van der Waals surface area contributed by atoms with E-state index in [1.165, 1.54) is 13.0 Å². The van der Waals surface area contributed by atoms with Crippen LogP contribution in [0.2, 0.25) is 0 Å². The van der Waals surface area contributed by atoms with Crippen LogP contribution in [0.4, 0.5) is 4.79 Å². The fraction of sp³-hybridized carbons (Fsp3) is 0.553. The molecule has 2 heterocycles. The number of hydrogen-bond donors (Lipinski definition) is 9. The summed E-state index contributed by atoms with van der Waals surface area (Å²) in [6.45, 7) is 4.70. The maximum absolute atomic E-state index is 13.7. The van der Waals surface area contributed by atoms with Crippen LogP contribution in [0.1, 0.15) is 111 Å². The molecule has 21 heteroatoms. The van der Waals surface area contributed by atoms with Gasteiger partial charge in [-0.05, 0) is 110 Å². The van der Waals surface area contributed by atoms with Crippen molar-refractivity contribution in [3.8, 4) is 5.75 Å². The summed E-state index contributed by atoms with van der Waals surface area (Å²) in [6, 6.07) is 7.00. The number of rotatable bonds is 29. The Morgan fingerprint density at radius 1 is 0.824 bits per heavy atom. The van der Waals surface area contributed by atoms with E-state index in [1.54, 1.807) is 44.2 Å². The van der Waals surface area contributed by atoms with Crippen molar-refractivity contribution in [2.24, 2.45) is 5.73 Å². The van der Waals surface area contributed by atoms with Gasteiger partial charge >= 0.3 is 12.0 Å². The molecule has 0 spiro atoms. The summed E-state index contributed by atoms with van der Waals surface area (Å²) >= 11 is 3.81. The molecular weight excluding hydrogens is 1010 g/mol. The summed E-state index contributed by atoms with van der Waals surface area (Å²) < 4.78 is 5.77. The topological polar surface area (TPSA) is 293 Å². The number of Topliss-reactive ketones (excluding diaryl/α,β-unsaturated/α-hetero) is 1. The fourth-order valence-corrected chi connectivity index (χ4v) is 10.2. The first kappa shape index (κ1) is 55.1. The van der Waals surface area contributed by atoms with E-state index in [9.17, 15) is 48.3 Å². The molecule has 0 aliphatic carbocycles. The van der Waals surface area contributed by atoms with Gasteiger partial charge in [0.2, 0.25) is 35.4 Å². The number of amides is 8. The molecule has 2 aromatic rings. The minimum Gasteiger partial charge on any atom is -0.507 e. The second-order valence-electron chi connectivity index (χ2n) is 17.2. The molecule has 2 aromatic carbocycles. The molecule has 0 saturated carbocycles. The Kier molecular flexibility index (Phi) is 22.8. The number of aryl methyl sites for hydroxylation is 2. The summed E-state index contributed by atoms with van der Waals surface area (Å²) in [7, 11) is 0. The van der Waals surface area contributed by atoms with Crippen molar-refractivity contribution < 1.29 is 53.0 Å². The largest absolute Gasteiger partial charge is 0.507 e. The lowest BCUT2D eigenvalue weighted by Crippen LogP contribution is -2.54. The van der Waals surface area contributed by atoms with Crippen molar-refractivity contribution in [3.63, 3.8) is 0 Å². The normalized spacial score (nSPS) is 17.3. The van der Waals surface area contributed by atoms with Crippen LogP contribution in [-0.2, 0) is 44.7 Å². The molecule has 10 N–H and O–H groups in total. The number of ketones is 1. The van der Waals surface area contributed by atoms with Gasteiger partial charge in [0, 0.05) is 50.3 Å². The molecule has 1 unspecified atom stereocenters. The second-order valence-corrected chi connectivity index (χ2v) is 19.7. The van der Waals surface area contributed by atoms with Crippen molar-refractivity contribution in [2.45, 2.75) is 140 Å². The van der Waals surface area contributed by atoms with E-state index in [1.807, 2.05) is 34.4 Å². The number of urea groups is 1. The number of ether oxygens (including phenoxy) is 1. The highest BCUT2D eigenvalue weighted by molar-refractivity contribution is 14.1. The Morgan fingerprint density at radius 3 is 2.22 bits per heavy atom. The van der Waals surface area contributed by atoms with Crippen LogP contribution < -0.4 is 43.0 Å². The average Bonchev–Trinajstić information content (AvgIpc) is 3.84. The van der Waals surface area contributed by atoms with Crippen LogP contribution in [0.25, 0.3) is 0 Å². The molecule has 68 heavy (non-hydrogen) atoms. The second kappa shape index (κ2) is 28.1. The number of phenolic OH excluding ortho intramolecular Hbond substituents is 1. The number of carbonyl (C=O) groups is 9. The number of carbonyl (C=O) groups excluding carboxylic acids is 9. The maximum Gasteiger partial charge on any atom is 0.339 e. The van der Waals surface area contributed by atoms with Gasteiger partial charge in [-0.25, -0.2) is 9.59 Å². The summed E-state index contributed by atoms with van der Waals surface area (Å²) in [5.41, 5.74) is 7.67. The van der Waals surface area contributed by atoms with Crippen LogP contribution in [0, 0.1) is 17.4 Å². The Labute approximate surface area is 414 Å². The number of nitrogens with one attached hydrogen (secondary N) is 7. The first-order valence-electron chi connectivity index (χ1n) is 23.0. The first-order valence-corrected chi connectivity index (χ1v) is 25.2. The quantitative estimate of drug-likeness (QED) is 0.0246. The summed E-state index contributed by atoms with van der Waals surface area (Å²) in [6.07, 6.45) is 5.13. The Bertz CT molecular complexity index is 2120. The highest BCUT2D eigenvalue weighted by atomic mass is 125. The van der Waals surface area contributed by atoms with Gasteiger partial charge < -0.3 is 52.8 Å². The van der Waals surface area contributed by atoms with Crippen LogP contribution in [0.5, 0.6) is 5.75 Å². The van der Waals surface area contributed by atoms with Gasteiger partial charge in [-0.15, -0.1) is 0 Å². The minimum atomic E-state index is -1.29. The Hall–Kier alpha value is -5.45. The van der Waals surface area contributed by atoms with E-state index in [0.29, 0.717) is 76.1 Å². The van der Waals surface area contributed by atoms with E-state index in [4.69, 9.17) is 10.5 Å². The number of nitrogens with two attached hydrogens (primary N) is 1. The van der Waals surface area contributed by atoms with Crippen LogP contribution in [-0.4, -0.2) is 119 Å². The lowest BCUT2D eigenvalue weighted by Gasteiger charge is -2.23. The number of fused-ring (bicyclic) bond motifs is 1. The highest BCUT2D eigenvalue weighted by Gasteiger charge is 2.42. The van der Waals surface area contributed by atoms with Crippen molar-refractivity contribution >= 4 is 87.6 Å². The Morgan fingerprint density at radius 2 is 1.51 bits per heavy atom. The fourth-order valence-electron chi connectivity index (χ4n) is 8.05. The molecule has 2 aliphatic heterocycles. The smallest absolute Gasteiger partial charge is 0.339 e. The molecule has 0 aromatic heterocycles. The number of halogens is 1. The maximum atomic E-state index is 13.7. The number of benzene rings is 2. The van der Waals surface area contributed by atoms with Gasteiger partial charge in [-0.2, -0.15) is 11.8 Å². The molecule has 2 fully saturated rings. The number of primary amides is 1. The van der Waals surface area contributed by atoms with Crippen LogP contribution in [0.3, 0.4) is 0 Å². The first-order chi connectivity index (χ1) is 32.4. The van der Waals surface area contributed by atoms with E-state index < -0.39 is 72.4 Å². The number of esters is 1. The standard InChI is InChI=1S/C47H65IN8O11S/c1-27-12-11-13-28(2)42(27)46(65)67-25-37(59)33(24-39(49)60)53-41(62)17-5-4-9-21-51-44(63)34(23-30-18-19-36(58)31(48)22-30)54-45(64)32(52-29(3)57)14-8-10-20-50-40(61)16-7-6-15-38-43-35(26-68-38)55-47(66)56-43/h11-13,18-19,22,32-35,38,43,58H,4-10,14-17,20-21,23-26H2,1-3H3,(H2,49,60)(H,50,61)(H,51,63)(H,52,57)(H,53,62)(H,54,64)(H2,55,56,66)/t32-,33-,34-,35-,38?,43-/m0/s1/i48-2. The number of aromatic hydroxyl groups is 1. The number of phenols is 1. The third-order valence-corrected chi connectivity index (χ3v) is 14.0. The monoisotopic (exact) mass is 1070 g/mol. The highest BCUT2D eigenvalue weighted by Crippen LogP contribution is 2.33. The zero-order valence-corrected chi connectivity index (χ0v) is 41.8. The van der Waals surface area contributed by atoms with E-state index in [0.717, 1.165) is 25.0 Å². The number of unbranched alkanes of at least 4 members (excludes halogenated alkanes) is 4. The van der Waals surface area contributed by atoms with Gasteiger partial charge in [-0.1, -0.05) is 37.1 Å². The van der Waals surface area contributed by atoms with Crippen LogP contribution in [0.15, 0.2) is 36.4 Å². The van der Waals surface area contributed by atoms with Crippen molar-refractivity contribution in [1.82, 2.24) is 37.2 Å². The minimum absolute atomic E-state index is 0.00372. The zero-order chi connectivity index (χ0) is 49.8. The lowest BCUT2D eigenvalue weighted by molar-refractivity contribution is -0.131. The average molecular weight is 1080 g/mol. The summed E-state index contributed by atoms with van der Waals surface area (Å²) in [4.78, 5) is 114. The third kappa shape index (κ3) is 18.6. The van der Waals surface area contributed by atoms with E-state index >= 15 is 0 Å². The Balaban J connectivity index is 1.20. The molecule has 0 radical (unpaired) electrons. The van der Waals surface area contributed by atoms with Gasteiger partial charge in [0.1, 0.15) is 17.8 Å². The zero-order valence-electron chi connectivity index (χ0n) is 38.8. The lowest BCUT2D eigenvalue weighted by atomic mass is 10.0. The number of hydrogen-bond acceptors (Lipinski definition) is 12.